The first-order chi connectivity index (χ1) is 18.9. The number of hydrogen-bond donors (Lipinski definition) is 1. The number of imide groups is 1. The van der Waals surface area contributed by atoms with Gasteiger partial charge in [-0.1, -0.05) is 18.2 Å². The van der Waals surface area contributed by atoms with Gasteiger partial charge in [-0.2, -0.15) is 0 Å². The first kappa shape index (κ1) is 25.2. The highest BCUT2D eigenvalue weighted by molar-refractivity contribution is 6.06. The number of hydrogen-bond acceptors (Lipinski definition) is 6. The lowest BCUT2D eigenvalue weighted by Crippen LogP contribution is -2.53. The van der Waals surface area contributed by atoms with E-state index in [0.717, 1.165) is 30.8 Å². The summed E-state index contributed by atoms with van der Waals surface area (Å²) >= 11 is 0. The number of nitrogens with zero attached hydrogens (tertiary/aromatic N) is 3. The fraction of sp³-hybridized carbons (Fsp3) is 0.333. The van der Waals surface area contributed by atoms with Crippen molar-refractivity contribution in [3.63, 3.8) is 0 Å². The van der Waals surface area contributed by atoms with Gasteiger partial charge >= 0.3 is 0 Å². The highest BCUT2D eigenvalue weighted by atomic mass is 19.1. The molecule has 1 aromatic heterocycles. The SMILES string of the molecule is C[C@@H]1c2c(ccc(-c3cc(CN4CC[C@@H](Oc5ccccc5)C4)ccn3)c2F)C(=O)N1[C@H]1CCC(=O)NC1=O. The maximum absolute atomic E-state index is 16.0. The van der Waals surface area contributed by atoms with Crippen LogP contribution in [0.2, 0.25) is 0 Å². The standard InChI is InChI=1S/C30H29FN4O4/c1-18-27-23(30(38)35(18)25-9-10-26(36)33-29(25)37)8-7-22(28(27)31)24-15-19(11-13-32-24)16-34-14-12-21(17-34)39-20-5-3-2-4-6-20/h2-8,11,13,15,18,21,25H,9-10,12,14,16-17H2,1H3,(H,33,36,37)/t18-,21-,25+/m1/s1. The molecule has 3 aromatic rings. The summed E-state index contributed by atoms with van der Waals surface area (Å²) in [6.07, 6.45) is 3.09. The largest absolute Gasteiger partial charge is 0.489 e. The first-order valence-corrected chi connectivity index (χ1v) is 13.3. The Morgan fingerprint density at radius 2 is 1.85 bits per heavy atom. The lowest BCUT2D eigenvalue weighted by Gasteiger charge is -2.32. The third kappa shape index (κ3) is 4.78. The van der Waals surface area contributed by atoms with E-state index in [9.17, 15) is 14.4 Å². The molecule has 0 aliphatic carbocycles. The topological polar surface area (TPSA) is 91.8 Å². The van der Waals surface area contributed by atoms with Gasteiger partial charge in [0.25, 0.3) is 5.91 Å². The second-order valence-electron chi connectivity index (χ2n) is 10.4. The molecule has 2 aromatic carbocycles. The summed E-state index contributed by atoms with van der Waals surface area (Å²) in [6, 6.07) is 15.4. The zero-order valence-electron chi connectivity index (χ0n) is 21.6. The Balaban J connectivity index is 1.19. The van der Waals surface area contributed by atoms with E-state index in [0.29, 0.717) is 17.8 Å². The monoisotopic (exact) mass is 528 g/mol. The fourth-order valence-corrected chi connectivity index (χ4v) is 5.91. The molecule has 2 saturated heterocycles. The van der Waals surface area contributed by atoms with Gasteiger partial charge in [-0.15, -0.1) is 0 Å². The molecule has 39 heavy (non-hydrogen) atoms. The molecule has 1 N–H and O–H groups in total. The van der Waals surface area contributed by atoms with Crippen LogP contribution in [0, 0.1) is 5.82 Å². The predicted molar refractivity (Wildman–Crippen MR) is 141 cm³/mol. The molecule has 3 atom stereocenters. The molecule has 3 aliphatic heterocycles. The van der Waals surface area contributed by atoms with E-state index < -0.39 is 29.7 Å². The number of ether oxygens (including phenoxy) is 1. The number of para-hydroxylation sites is 1. The van der Waals surface area contributed by atoms with Crippen molar-refractivity contribution in [3.05, 3.63) is 83.3 Å². The summed E-state index contributed by atoms with van der Waals surface area (Å²) in [7, 11) is 0. The molecule has 3 aliphatic rings. The van der Waals surface area contributed by atoms with E-state index in [-0.39, 0.29) is 36.0 Å². The second kappa shape index (κ2) is 10.2. The van der Waals surface area contributed by atoms with Crippen molar-refractivity contribution in [2.24, 2.45) is 0 Å². The Morgan fingerprint density at radius 3 is 2.64 bits per heavy atom. The van der Waals surface area contributed by atoms with Gasteiger partial charge in [-0.25, -0.2) is 4.39 Å². The van der Waals surface area contributed by atoms with Crippen molar-refractivity contribution in [2.45, 2.75) is 50.9 Å². The minimum Gasteiger partial charge on any atom is -0.489 e. The van der Waals surface area contributed by atoms with Crippen LogP contribution < -0.4 is 10.1 Å². The first-order valence-electron chi connectivity index (χ1n) is 13.3. The number of pyridine rings is 1. The summed E-state index contributed by atoms with van der Waals surface area (Å²) in [6.45, 7) is 4.11. The van der Waals surface area contributed by atoms with Gasteiger partial charge < -0.3 is 9.64 Å². The Morgan fingerprint density at radius 1 is 1.05 bits per heavy atom. The molecule has 0 spiro atoms. The van der Waals surface area contributed by atoms with Gasteiger partial charge in [0.05, 0.1) is 11.7 Å². The van der Waals surface area contributed by atoms with E-state index in [1.54, 1.807) is 25.3 Å². The van der Waals surface area contributed by atoms with Crippen LogP contribution in [0.3, 0.4) is 0 Å². The average Bonchev–Trinajstić information content (AvgIpc) is 3.46. The third-order valence-electron chi connectivity index (χ3n) is 7.81. The van der Waals surface area contributed by atoms with E-state index >= 15 is 4.39 Å². The van der Waals surface area contributed by atoms with Gasteiger partial charge in [-0.3, -0.25) is 29.6 Å². The molecule has 200 valence electrons. The van der Waals surface area contributed by atoms with Crippen molar-refractivity contribution in [1.29, 1.82) is 0 Å². The maximum Gasteiger partial charge on any atom is 0.255 e. The van der Waals surface area contributed by atoms with E-state index in [1.165, 1.54) is 4.90 Å². The number of benzene rings is 2. The molecule has 9 heteroatoms. The third-order valence-corrected chi connectivity index (χ3v) is 7.81. The van der Waals surface area contributed by atoms with Crippen LogP contribution >= 0.6 is 0 Å². The molecular formula is C30H29FN4O4. The molecule has 4 heterocycles. The summed E-state index contributed by atoms with van der Waals surface area (Å²) < 4.78 is 22.1. The average molecular weight is 529 g/mol. The van der Waals surface area contributed by atoms with Gasteiger partial charge in [0.1, 0.15) is 23.7 Å². The predicted octanol–water partition coefficient (Wildman–Crippen LogP) is 3.86. The van der Waals surface area contributed by atoms with Crippen molar-refractivity contribution in [1.82, 2.24) is 20.1 Å². The Bertz CT molecular complexity index is 1450. The zero-order chi connectivity index (χ0) is 27.1. The Labute approximate surface area is 225 Å². The summed E-state index contributed by atoms with van der Waals surface area (Å²) in [5, 5.41) is 2.29. The summed E-state index contributed by atoms with van der Waals surface area (Å²) in [5.74, 6) is -0.925. The highest BCUT2D eigenvalue weighted by Crippen LogP contribution is 2.41. The quantitative estimate of drug-likeness (QED) is 0.489. The van der Waals surface area contributed by atoms with E-state index in [4.69, 9.17) is 4.74 Å². The zero-order valence-corrected chi connectivity index (χ0v) is 21.6. The van der Waals surface area contributed by atoms with E-state index in [2.05, 4.69) is 15.2 Å². The van der Waals surface area contributed by atoms with Crippen LogP contribution in [-0.4, -0.2) is 57.7 Å². The highest BCUT2D eigenvalue weighted by Gasteiger charge is 2.44. The molecule has 3 amide bonds. The van der Waals surface area contributed by atoms with Crippen molar-refractivity contribution >= 4 is 17.7 Å². The Kier molecular flexibility index (Phi) is 6.60. The fourth-order valence-electron chi connectivity index (χ4n) is 5.91. The molecule has 8 nitrogen and oxygen atoms in total. The van der Waals surface area contributed by atoms with Crippen LogP contribution in [0.25, 0.3) is 11.3 Å². The number of fused-ring (bicyclic) bond motifs is 1. The van der Waals surface area contributed by atoms with Gasteiger partial charge in [0.2, 0.25) is 11.8 Å². The molecule has 2 fully saturated rings. The molecule has 0 unspecified atom stereocenters. The lowest BCUT2D eigenvalue weighted by atomic mass is 9.98. The van der Waals surface area contributed by atoms with Gasteiger partial charge in [-0.05, 0) is 61.7 Å². The maximum atomic E-state index is 16.0. The number of amides is 3. The molecule has 0 bridgehead atoms. The normalized spacial score (nSPS) is 23.2. The number of halogens is 1. The smallest absolute Gasteiger partial charge is 0.255 e. The summed E-state index contributed by atoms with van der Waals surface area (Å²) in [4.78, 5) is 45.4. The van der Waals surface area contributed by atoms with Crippen LogP contribution in [0.5, 0.6) is 5.75 Å². The van der Waals surface area contributed by atoms with Crippen molar-refractivity contribution in [3.8, 4) is 17.0 Å². The van der Waals surface area contributed by atoms with Crippen LogP contribution in [0.4, 0.5) is 4.39 Å². The summed E-state index contributed by atoms with van der Waals surface area (Å²) in [5.41, 5.74) is 2.31. The van der Waals surface area contributed by atoms with Gasteiger partial charge in [0.15, 0.2) is 0 Å². The molecule has 0 radical (unpaired) electrons. The number of aromatic nitrogens is 1. The Hall–Kier alpha value is -4.11. The van der Waals surface area contributed by atoms with Crippen molar-refractivity contribution < 1.29 is 23.5 Å². The number of rotatable bonds is 6. The second-order valence-corrected chi connectivity index (χ2v) is 10.4. The van der Waals surface area contributed by atoms with Crippen LogP contribution in [0.1, 0.15) is 53.7 Å². The number of carbonyl (C=O) groups excluding carboxylic acids is 3. The molecular weight excluding hydrogens is 499 g/mol. The van der Waals surface area contributed by atoms with E-state index in [1.807, 2.05) is 42.5 Å². The number of piperidine rings is 1. The number of likely N-dealkylation sites (tertiary alicyclic amines) is 1. The van der Waals surface area contributed by atoms with Gasteiger partial charge in [0, 0.05) is 48.9 Å². The number of nitrogens with one attached hydrogen (secondary N) is 1. The van der Waals surface area contributed by atoms with Crippen LogP contribution in [-0.2, 0) is 16.1 Å². The van der Waals surface area contributed by atoms with Crippen LogP contribution in [0.15, 0.2) is 60.8 Å². The minimum atomic E-state index is -0.808. The number of carbonyl (C=O) groups is 3. The lowest BCUT2D eigenvalue weighted by molar-refractivity contribution is -0.137. The molecule has 0 saturated carbocycles. The minimum absolute atomic E-state index is 0.120. The molecule has 6 rings (SSSR count). The van der Waals surface area contributed by atoms with Crippen molar-refractivity contribution in [2.75, 3.05) is 13.1 Å².